The Morgan fingerprint density at radius 2 is 1.96 bits per heavy atom. The van der Waals surface area contributed by atoms with E-state index in [1.165, 1.54) is 25.0 Å². The van der Waals surface area contributed by atoms with Crippen LogP contribution in [-0.2, 0) is 9.53 Å². The van der Waals surface area contributed by atoms with Crippen molar-refractivity contribution in [2.45, 2.75) is 31.8 Å². The first-order chi connectivity index (χ1) is 11.2. The first-order valence-corrected chi connectivity index (χ1v) is 8.58. The van der Waals surface area contributed by atoms with Gasteiger partial charge < -0.3 is 15.0 Å². The normalized spacial score (nSPS) is 22.0. The zero-order valence-electron chi connectivity index (χ0n) is 13.9. The van der Waals surface area contributed by atoms with Crippen LogP contribution < -0.4 is 5.32 Å². The second-order valence-electron chi connectivity index (χ2n) is 6.48. The highest BCUT2D eigenvalue weighted by Crippen LogP contribution is 2.24. The molecule has 4 nitrogen and oxygen atoms in total. The lowest BCUT2D eigenvalue weighted by Gasteiger charge is -2.33. The Bertz CT molecular complexity index is 520. The molecule has 2 fully saturated rings. The molecular formula is C18H26ClFN2O2. The third-order valence-electron chi connectivity index (χ3n) is 4.89. The average molecular weight is 357 g/mol. The Kier molecular flexibility index (Phi) is 7.46. The fraction of sp³-hybridized carbons (Fsp3) is 0.611. The van der Waals surface area contributed by atoms with Crippen molar-refractivity contribution >= 4 is 18.3 Å². The topological polar surface area (TPSA) is 41.6 Å². The van der Waals surface area contributed by atoms with Crippen LogP contribution in [0, 0.1) is 11.7 Å². The van der Waals surface area contributed by atoms with Crippen LogP contribution >= 0.6 is 12.4 Å². The summed E-state index contributed by atoms with van der Waals surface area (Å²) >= 11 is 0. The summed E-state index contributed by atoms with van der Waals surface area (Å²) in [5.74, 6) is 0.646. The molecule has 2 saturated heterocycles. The van der Waals surface area contributed by atoms with E-state index >= 15 is 0 Å². The van der Waals surface area contributed by atoms with Crippen molar-refractivity contribution in [2.75, 3.05) is 32.8 Å². The van der Waals surface area contributed by atoms with E-state index in [4.69, 9.17) is 4.74 Å². The summed E-state index contributed by atoms with van der Waals surface area (Å²) in [5.41, 5.74) is 0.933. The number of carbonyl (C=O) groups is 1. The maximum Gasteiger partial charge on any atom is 0.222 e. The van der Waals surface area contributed by atoms with Gasteiger partial charge in [-0.2, -0.15) is 0 Å². The molecule has 1 N–H and O–H groups in total. The van der Waals surface area contributed by atoms with Gasteiger partial charge in [-0.15, -0.1) is 12.4 Å². The van der Waals surface area contributed by atoms with Crippen LogP contribution in [-0.4, -0.2) is 43.6 Å². The van der Waals surface area contributed by atoms with Crippen LogP contribution in [0.4, 0.5) is 4.39 Å². The highest BCUT2D eigenvalue weighted by molar-refractivity contribution is 5.85. The summed E-state index contributed by atoms with van der Waals surface area (Å²) in [6.07, 6.45) is 3.82. The molecule has 0 radical (unpaired) electrons. The number of piperidine rings is 1. The fourth-order valence-electron chi connectivity index (χ4n) is 3.41. The highest BCUT2D eigenvalue weighted by Gasteiger charge is 2.26. The van der Waals surface area contributed by atoms with Gasteiger partial charge in [-0.25, -0.2) is 4.39 Å². The van der Waals surface area contributed by atoms with Crippen LogP contribution in [0.25, 0.3) is 0 Å². The van der Waals surface area contributed by atoms with Gasteiger partial charge in [0, 0.05) is 13.0 Å². The maximum absolute atomic E-state index is 13.0. The van der Waals surface area contributed by atoms with E-state index in [-0.39, 0.29) is 30.2 Å². The van der Waals surface area contributed by atoms with Gasteiger partial charge in [-0.1, -0.05) is 12.1 Å². The lowest BCUT2D eigenvalue weighted by Crippen LogP contribution is -2.42. The molecule has 1 atom stereocenters. The van der Waals surface area contributed by atoms with E-state index in [2.05, 4.69) is 5.32 Å². The van der Waals surface area contributed by atoms with Crippen molar-refractivity contribution in [1.82, 2.24) is 10.2 Å². The van der Waals surface area contributed by atoms with Crippen molar-refractivity contribution < 1.29 is 13.9 Å². The Labute approximate surface area is 149 Å². The van der Waals surface area contributed by atoms with E-state index in [1.807, 2.05) is 4.90 Å². The first-order valence-electron chi connectivity index (χ1n) is 8.58. The van der Waals surface area contributed by atoms with E-state index in [9.17, 15) is 9.18 Å². The number of nitrogens with one attached hydrogen (secondary N) is 1. The summed E-state index contributed by atoms with van der Waals surface area (Å²) in [7, 11) is 0. The predicted octanol–water partition coefficient (Wildman–Crippen LogP) is 2.93. The number of carbonyl (C=O) groups excluding carboxylic acids is 1. The molecule has 0 bridgehead atoms. The zero-order valence-corrected chi connectivity index (χ0v) is 14.7. The summed E-state index contributed by atoms with van der Waals surface area (Å²) < 4.78 is 18.8. The average Bonchev–Trinajstić information content (AvgIpc) is 2.61. The molecule has 1 unspecified atom stereocenters. The molecule has 1 amide bonds. The Hall–Kier alpha value is -1.17. The third kappa shape index (κ3) is 5.16. The van der Waals surface area contributed by atoms with Gasteiger partial charge in [-0.3, -0.25) is 4.79 Å². The van der Waals surface area contributed by atoms with E-state index < -0.39 is 0 Å². The number of hydrogen-bond donors (Lipinski definition) is 1. The van der Waals surface area contributed by atoms with Gasteiger partial charge >= 0.3 is 0 Å². The number of hydrogen-bond acceptors (Lipinski definition) is 3. The Morgan fingerprint density at radius 1 is 1.25 bits per heavy atom. The Balaban J connectivity index is 0.00000208. The van der Waals surface area contributed by atoms with Crippen LogP contribution in [0.15, 0.2) is 24.3 Å². The van der Waals surface area contributed by atoms with Crippen LogP contribution in [0.1, 0.15) is 37.4 Å². The molecule has 0 saturated carbocycles. The molecule has 134 valence electrons. The smallest absolute Gasteiger partial charge is 0.222 e. The fourth-order valence-corrected chi connectivity index (χ4v) is 3.41. The monoisotopic (exact) mass is 356 g/mol. The minimum absolute atomic E-state index is 0. The molecule has 1 aromatic carbocycles. The second-order valence-corrected chi connectivity index (χ2v) is 6.48. The van der Waals surface area contributed by atoms with Gasteiger partial charge in [0.05, 0.1) is 13.2 Å². The number of halogens is 2. The second kappa shape index (κ2) is 9.35. The van der Waals surface area contributed by atoms with Crippen molar-refractivity contribution in [3.05, 3.63) is 35.6 Å². The SMILES string of the molecule is Cl.O=C(CCC1CCNCC1)N1CCOC(c2ccc(F)cc2)C1. The summed E-state index contributed by atoms with van der Waals surface area (Å²) in [6, 6.07) is 6.36. The van der Waals surface area contributed by atoms with Crippen molar-refractivity contribution in [3.8, 4) is 0 Å². The minimum Gasteiger partial charge on any atom is -0.370 e. The number of morpholine rings is 1. The lowest BCUT2D eigenvalue weighted by atomic mass is 9.93. The molecule has 0 spiro atoms. The van der Waals surface area contributed by atoms with Crippen LogP contribution in [0.2, 0.25) is 0 Å². The van der Waals surface area contributed by atoms with E-state index in [0.29, 0.717) is 32.0 Å². The number of nitrogens with zero attached hydrogens (tertiary/aromatic N) is 1. The van der Waals surface area contributed by atoms with Gasteiger partial charge in [-0.05, 0) is 56.0 Å². The molecule has 24 heavy (non-hydrogen) atoms. The third-order valence-corrected chi connectivity index (χ3v) is 4.89. The van der Waals surface area contributed by atoms with E-state index in [0.717, 1.165) is 25.1 Å². The number of amides is 1. The summed E-state index contributed by atoms with van der Waals surface area (Å²) in [6.45, 7) is 3.91. The molecule has 2 aliphatic heterocycles. The summed E-state index contributed by atoms with van der Waals surface area (Å²) in [4.78, 5) is 14.4. The molecule has 2 aliphatic rings. The predicted molar refractivity (Wildman–Crippen MR) is 93.7 cm³/mol. The number of rotatable bonds is 4. The minimum atomic E-state index is -0.250. The van der Waals surface area contributed by atoms with Crippen molar-refractivity contribution in [3.63, 3.8) is 0 Å². The molecular weight excluding hydrogens is 331 g/mol. The lowest BCUT2D eigenvalue weighted by molar-refractivity contribution is -0.139. The molecule has 0 aromatic heterocycles. The van der Waals surface area contributed by atoms with Crippen LogP contribution in [0.5, 0.6) is 0 Å². The maximum atomic E-state index is 13.0. The molecule has 3 rings (SSSR count). The van der Waals surface area contributed by atoms with E-state index in [1.54, 1.807) is 12.1 Å². The van der Waals surface area contributed by atoms with Gasteiger partial charge in [0.15, 0.2) is 0 Å². The van der Waals surface area contributed by atoms with Gasteiger partial charge in [0.25, 0.3) is 0 Å². The van der Waals surface area contributed by atoms with Crippen molar-refractivity contribution in [1.29, 1.82) is 0 Å². The zero-order chi connectivity index (χ0) is 16.1. The molecule has 1 aromatic rings. The molecule has 0 aliphatic carbocycles. The highest BCUT2D eigenvalue weighted by atomic mass is 35.5. The standard InChI is InChI=1S/C18H25FN2O2.ClH/c19-16-4-2-15(3-5-16)17-13-21(11-12-23-17)18(22)6-1-14-7-9-20-10-8-14;/h2-5,14,17,20H,1,6-13H2;1H. The van der Waals surface area contributed by atoms with Crippen LogP contribution in [0.3, 0.4) is 0 Å². The Morgan fingerprint density at radius 3 is 2.67 bits per heavy atom. The van der Waals surface area contributed by atoms with Gasteiger partial charge in [0.2, 0.25) is 5.91 Å². The van der Waals surface area contributed by atoms with Gasteiger partial charge in [0.1, 0.15) is 11.9 Å². The largest absolute Gasteiger partial charge is 0.370 e. The van der Waals surface area contributed by atoms with Crippen molar-refractivity contribution in [2.24, 2.45) is 5.92 Å². The molecule has 6 heteroatoms. The summed E-state index contributed by atoms with van der Waals surface area (Å²) in [5, 5.41) is 3.36. The number of benzene rings is 1. The number of ether oxygens (including phenoxy) is 1. The quantitative estimate of drug-likeness (QED) is 0.901. The first kappa shape index (κ1) is 19.2. The molecule has 2 heterocycles.